The fourth-order valence-corrected chi connectivity index (χ4v) is 3.99. The van der Waals surface area contributed by atoms with Crippen molar-refractivity contribution in [3.63, 3.8) is 0 Å². The number of pyridine rings is 1. The molecule has 1 heterocycles. The van der Waals surface area contributed by atoms with Crippen LogP contribution in [0.3, 0.4) is 0 Å². The third-order valence-corrected chi connectivity index (χ3v) is 5.81. The summed E-state index contributed by atoms with van der Waals surface area (Å²) in [5, 5.41) is 4.26. The van der Waals surface area contributed by atoms with Crippen molar-refractivity contribution in [2.75, 3.05) is 6.54 Å². The quantitative estimate of drug-likeness (QED) is 0.236. The molecule has 1 aromatic heterocycles. The van der Waals surface area contributed by atoms with Gasteiger partial charge >= 0.3 is 0 Å². The predicted molar refractivity (Wildman–Crippen MR) is 149 cm³/mol. The van der Waals surface area contributed by atoms with E-state index in [4.69, 9.17) is 21.9 Å². The summed E-state index contributed by atoms with van der Waals surface area (Å²) in [6.45, 7) is 6.63. The molecule has 36 heavy (non-hydrogen) atoms. The van der Waals surface area contributed by atoms with Crippen LogP contribution in [0.2, 0.25) is 0 Å². The van der Waals surface area contributed by atoms with E-state index < -0.39 is 0 Å². The third-order valence-electron chi connectivity index (χ3n) is 5.56. The zero-order valence-electron chi connectivity index (χ0n) is 20.7. The molecule has 0 bridgehead atoms. The van der Waals surface area contributed by atoms with Crippen LogP contribution in [0.25, 0.3) is 22.2 Å². The van der Waals surface area contributed by atoms with Crippen LogP contribution in [0.5, 0.6) is 5.75 Å². The number of benzene rings is 3. The molecule has 0 aliphatic carbocycles. The van der Waals surface area contributed by atoms with Gasteiger partial charge in [-0.2, -0.15) is 0 Å². The first-order chi connectivity index (χ1) is 17.4. The summed E-state index contributed by atoms with van der Waals surface area (Å²) >= 11 is 5.34. The van der Waals surface area contributed by atoms with E-state index in [1.807, 2.05) is 87.5 Å². The van der Waals surface area contributed by atoms with Gasteiger partial charge in [0.05, 0.1) is 22.9 Å². The average Bonchev–Trinajstić information content (AvgIpc) is 2.87. The Bertz CT molecular complexity index is 1360. The van der Waals surface area contributed by atoms with Crippen LogP contribution in [0.15, 0.2) is 78.9 Å². The number of hydrogen-bond donors (Lipinski definition) is 3. The van der Waals surface area contributed by atoms with E-state index in [9.17, 15) is 4.79 Å². The van der Waals surface area contributed by atoms with E-state index in [1.165, 1.54) is 5.56 Å². The van der Waals surface area contributed by atoms with Gasteiger partial charge in [-0.15, -0.1) is 0 Å². The molecule has 0 atom stereocenters. The summed E-state index contributed by atoms with van der Waals surface area (Å²) < 4.78 is 5.75. The number of rotatable bonds is 7. The van der Waals surface area contributed by atoms with Crippen molar-refractivity contribution in [2.45, 2.75) is 33.3 Å². The highest BCUT2D eigenvalue weighted by atomic mass is 32.1. The molecule has 1 amide bonds. The molecule has 184 valence electrons. The van der Waals surface area contributed by atoms with Crippen molar-refractivity contribution < 1.29 is 9.53 Å². The summed E-state index contributed by atoms with van der Waals surface area (Å²) in [6, 6.07) is 25.6. The van der Waals surface area contributed by atoms with Gasteiger partial charge in [0.1, 0.15) is 5.75 Å². The number of hydrazine groups is 1. The second kappa shape index (κ2) is 11.6. The number of carbonyl (C=O) groups is 1. The van der Waals surface area contributed by atoms with Gasteiger partial charge in [0.15, 0.2) is 5.11 Å². The normalized spacial score (nSPS) is 10.8. The zero-order chi connectivity index (χ0) is 25.5. The Kier molecular flexibility index (Phi) is 8.13. The maximum absolute atomic E-state index is 13.2. The van der Waals surface area contributed by atoms with Crippen LogP contribution in [0.1, 0.15) is 35.3 Å². The summed E-state index contributed by atoms with van der Waals surface area (Å²) in [5.41, 5.74) is 10.7. The van der Waals surface area contributed by atoms with Crippen molar-refractivity contribution in [1.29, 1.82) is 0 Å². The van der Waals surface area contributed by atoms with Crippen molar-refractivity contribution in [2.24, 2.45) is 0 Å². The Balaban J connectivity index is 1.49. The first-order valence-corrected chi connectivity index (χ1v) is 12.4. The number of thiocarbonyl (C=S) groups is 1. The lowest BCUT2D eigenvalue weighted by molar-refractivity contribution is 0.0945. The highest BCUT2D eigenvalue weighted by Gasteiger charge is 2.15. The standard InChI is InChI=1S/C29H30N4O2S/c1-19(2)35-23-12-10-22(11-13-23)27-18-25(24-17-20(3)9-14-26(24)31-27)28(34)32-33-29(36)30-16-15-21-7-5-4-6-8-21/h4-14,17-19H,15-16H2,1-3H3,(H,32,34)(H2,30,33,36). The minimum Gasteiger partial charge on any atom is -0.491 e. The number of amides is 1. The molecule has 0 unspecified atom stereocenters. The molecular formula is C29H30N4O2S. The van der Waals surface area contributed by atoms with Gasteiger partial charge in [0.25, 0.3) is 5.91 Å². The molecule has 0 saturated carbocycles. The smallest absolute Gasteiger partial charge is 0.270 e. The third kappa shape index (κ3) is 6.58. The molecular weight excluding hydrogens is 468 g/mol. The molecule has 0 aliphatic rings. The van der Waals surface area contributed by atoms with Crippen LogP contribution >= 0.6 is 12.2 Å². The van der Waals surface area contributed by atoms with Gasteiger partial charge < -0.3 is 10.1 Å². The monoisotopic (exact) mass is 498 g/mol. The fraction of sp³-hybridized carbons (Fsp3) is 0.207. The zero-order valence-corrected chi connectivity index (χ0v) is 21.5. The molecule has 0 fully saturated rings. The first-order valence-electron chi connectivity index (χ1n) is 12.0. The number of ether oxygens (including phenoxy) is 1. The SMILES string of the molecule is Cc1ccc2nc(-c3ccc(OC(C)C)cc3)cc(C(=O)NNC(=S)NCCc3ccccc3)c2c1. The second-order valence-electron chi connectivity index (χ2n) is 8.84. The van der Waals surface area contributed by atoms with Gasteiger partial charge in [-0.1, -0.05) is 42.0 Å². The van der Waals surface area contributed by atoms with E-state index in [-0.39, 0.29) is 12.0 Å². The lowest BCUT2D eigenvalue weighted by atomic mass is 10.0. The predicted octanol–water partition coefficient (Wildman–Crippen LogP) is 5.35. The Morgan fingerprint density at radius 3 is 2.44 bits per heavy atom. The number of nitrogens with zero attached hydrogens (tertiary/aromatic N) is 1. The van der Waals surface area contributed by atoms with Crippen LogP contribution < -0.4 is 20.9 Å². The Hall–Kier alpha value is -3.97. The molecule has 7 heteroatoms. The summed E-state index contributed by atoms with van der Waals surface area (Å²) in [4.78, 5) is 18.0. The Morgan fingerprint density at radius 1 is 0.972 bits per heavy atom. The van der Waals surface area contributed by atoms with Gasteiger partial charge in [0, 0.05) is 17.5 Å². The van der Waals surface area contributed by atoms with Crippen LogP contribution in [-0.4, -0.2) is 28.7 Å². The van der Waals surface area contributed by atoms with Crippen LogP contribution in [0, 0.1) is 6.92 Å². The van der Waals surface area contributed by atoms with E-state index in [2.05, 4.69) is 28.3 Å². The largest absolute Gasteiger partial charge is 0.491 e. The molecule has 0 radical (unpaired) electrons. The van der Waals surface area contributed by atoms with Crippen LogP contribution in [0.4, 0.5) is 0 Å². The van der Waals surface area contributed by atoms with Gasteiger partial charge in [-0.3, -0.25) is 15.6 Å². The molecule has 6 nitrogen and oxygen atoms in total. The van der Waals surface area contributed by atoms with Crippen molar-refractivity contribution in [3.05, 3.63) is 95.6 Å². The van der Waals surface area contributed by atoms with Gasteiger partial charge in [-0.05, 0) is 87.4 Å². The Morgan fingerprint density at radius 2 is 1.72 bits per heavy atom. The number of aromatic nitrogens is 1. The number of carbonyl (C=O) groups excluding carboxylic acids is 1. The number of hydrogen-bond acceptors (Lipinski definition) is 4. The van der Waals surface area contributed by atoms with E-state index in [1.54, 1.807) is 0 Å². The topological polar surface area (TPSA) is 75.3 Å². The highest BCUT2D eigenvalue weighted by molar-refractivity contribution is 7.80. The molecule has 0 spiro atoms. The molecule has 3 N–H and O–H groups in total. The van der Waals surface area contributed by atoms with Gasteiger partial charge in [-0.25, -0.2) is 4.98 Å². The average molecular weight is 499 g/mol. The van der Waals surface area contributed by atoms with E-state index in [0.717, 1.165) is 34.2 Å². The molecule has 0 aliphatic heterocycles. The van der Waals surface area contributed by atoms with E-state index in [0.29, 0.717) is 22.9 Å². The lowest BCUT2D eigenvalue weighted by Gasteiger charge is -2.14. The molecule has 4 aromatic rings. The van der Waals surface area contributed by atoms with Crippen molar-refractivity contribution in [1.82, 2.24) is 21.2 Å². The second-order valence-corrected chi connectivity index (χ2v) is 9.25. The minimum atomic E-state index is -0.291. The van der Waals surface area contributed by atoms with Gasteiger partial charge in [0.2, 0.25) is 0 Å². The number of fused-ring (bicyclic) bond motifs is 1. The van der Waals surface area contributed by atoms with Crippen molar-refractivity contribution in [3.8, 4) is 17.0 Å². The minimum absolute atomic E-state index is 0.0968. The van der Waals surface area contributed by atoms with E-state index >= 15 is 0 Å². The summed E-state index contributed by atoms with van der Waals surface area (Å²) in [7, 11) is 0. The molecule has 3 aromatic carbocycles. The summed E-state index contributed by atoms with van der Waals surface area (Å²) in [5.74, 6) is 0.502. The molecule has 0 saturated heterocycles. The maximum atomic E-state index is 13.2. The van der Waals surface area contributed by atoms with Crippen LogP contribution in [-0.2, 0) is 6.42 Å². The highest BCUT2D eigenvalue weighted by Crippen LogP contribution is 2.27. The summed E-state index contributed by atoms with van der Waals surface area (Å²) in [6.07, 6.45) is 0.925. The van der Waals surface area contributed by atoms with Crippen molar-refractivity contribution >= 4 is 34.1 Å². The number of nitrogens with one attached hydrogen (secondary N) is 3. The molecule has 4 rings (SSSR count). The fourth-order valence-electron chi connectivity index (χ4n) is 3.84. The maximum Gasteiger partial charge on any atom is 0.270 e. The lowest BCUT2D eigenvalue weighted by Crippen LogP contribution is -2.47. The first kappa shape index (κ1) is 25.1. The number of aryl methyl sites for hydroxylation is 1. The Labute approximate surface area is 217 Å².